The molecule has 0 radical (unpaired) electrons. The molecule has 2 rings (SSSR count). The Morgan fingerprint density at radius 1 is 0.708 bits per heavy atom. The van der Waals surface area contributed by atoms with E-state index in [4.69, 9.17) is 9.47 Å². The average Bonchev–Trinajstić information content (AvgIpc) is 2.57. The first-order chi connectivity index (χ1) is 11.4. The number of rotatable bonds is 5. The van der Waals surface area contributed by atoms with E-state index in [0.717, 1.165) is 35.1 Å². The Hall–Kier alpha value is -2.62. The average molecular weight is 326 g/mol. The third-order valence-corrected chi connectivity index (χ3v) is 3.82. The van der Waals surface area contributed by atoms with E-state index in [1.54, 1.807) is 0 Å². The van der Waals surface area contributed by atoms with Crippen LogP contribution in [0, 0.1) is 13.8 Å². The van der Waals surface area contributed by atoms with Crippen molar-refractivity contribution in [3.63, 3.8) is 0 Å². The molecule has 0 bridgehead atoms. The van der Waals surface area contributed by atoms with Crippen LogP contribution in [-0.4, -0.2) is 26.2 Å². The third kappa shape index (κ3) is 4.44. The summed E-state index contributed by atoms with van der Waals surface area (Å²) in [5, 5.41) is 0. The van der Waals surface area contributed by atoms with Crippen LogP contribution in [0.15, 0.2) is 36.4 Å². The molecule has 0 atom stereocenters. The van der Waals surface area contributed by atoms with Gasteiger partial charge in [-0.2, -0.15) is 0 Å². The van der Waals surface area contributed by atoms with E-state index in [-0.39, 0.29) is 11.9 Å². The number of hydrogen-bond acceptors (Lipinski definition) is 4. The molecule has 0 heterocycles. The highest BCUT2D eigenvalue weighted by Gasteiger charge is 2.10. The van der Waals surface area contributed by atoms with E-state index in [2.05, 4.69) is 12.1 Å². The van der Waals surface area contributed by atoms with Gasteiger partial charge in [0.05, 0.1) is 25.3 Å². The molecule has 4 heteroatoms. The van der Waals surface area contributed by atoms with Gasteiger partial charge in [0.15, 0.2) is 0 Å². The van der Waals surface area contributed by atoms with Gasteiger partial charge in [-0.3, -0.25) is 0 Å². The van der Waals surface area contributed by atoms with Crippen LogP contribution in [-0.2, 0) is 22.3 Å². The number of carbonyl (C=O) groups is 2. The summed E-state index contributed by atoms with van der Waals surface area (Å²) in [6.45, 7) is 3.91. The molecular formula is C20H22O4. The summed E-state index contributed by atoms with van der Waals surface area (Å²) in [7, 11) is 2.76. The zero-order valence-electron chi connectivity index (χ0n) is 14.5. The normalized spacial score (nSPS) is 10.3. The first-order valence-electron chi connectivity index (χ1n) is 7.80. The standard InChI is InChI=1S/C20H22O4/c1-13-7-15(11-17(9-13)19(21)23-3)5-6-16-8-14(2)10-18(12-16)20(22)24-4/h7-12H,5-6H2,1-4H3. The van der Waals surface area contributed by atoms with E-state index in [9.17, 15) is 9.59 Å². The molecule has 0 aliphatic heterocycles. The zero-order chi connectivity index (χ0) is 17.7. The predicted molar refractivity (Wildman–Crippen MR) is 92.4 cm³/mol. The molecule has 2 aromatic carbocycles. The molecule has 0 amide bonds. The highest BCUT2D eigenvalue weighted by molar-refractivity contribution is 5.90. The molecule has 0 aromatic heterocycles. The van der Waals surface area contributed by atoms with Crippen LogP contribution in [0.1, 0.15) is 43.0 Å². The molecule has 24 heavy (non-hydrogen) atoms. The summed E-state index contributed by atoms with van der Waals surface area (Å²) < 4.78 is 9.58. The fourth-order valence-corrected chi connectivity index (χ4v) is 2.77. The molecule has 0 aliphatic rings. The van der Waals surface area contributed by atoms with E-state index in [0.29, 0.717) is 11.1 Å². The van der Waals surface area contributed by atoms with Crippen molar-refractivity contribution >= 4 is 11.9 Å². The Morgan fingerprint density at radius 3 is 1.42 bits per heavy atom. The van der Waals surface area contributed by atoms with Crippen molar-refractivity contribution in [1.82, 2.24) is 0 Å². The minimum absolute atomic E-state index is 0.330. The molecule has 0 aliphatic carbocycles. The molecule has 4 nitrogen and oxygen atoms in total. The number of aryl methyl sites for hydroxylation is 4. The summed E-state index contributed by atoms with van der Waals surface area (Å²) in [6.07, 6.45) is 1.55. The molecule has 0 saturated carbocycles. The van der Waals surface area contributed by atoms with Gasteiger partial charge in [-0.25, -0.2) is 9.59 Å². The van der Waals surface area contributed by atoms with Crippen LogP contribution in [0.2, 0.25) is 0 Å². The van der Waals surface area contributed by atoms with Crippen LogP contribution in [0.25, 0.3) is 0 Å². The monoisotopic (exact) mass is 326 g/mol. The molecule has 0 saturated heterocycles. The minimum atomic E-state index is -0.330. The number of esters is 2. The van der Waals surface area contributed by atoms with E-state index in [1.165, 1.54) is 14.2 Å². The number of methoxy groups -OCH3 is 2. The molecule has 0 fully saturated rings. The molecule has 2 aromatic rings. The van der Waals surface area contributed by atoms with Crippen molar-refractivity contribution in [3.05, 3.63) is 69.8 Å². The summed E-state index contributed by atoms with van der Waals surface area (Å²) in [4.78, 5) is 23.4. The highest BCUT2D eigenvalue weighted by Crippen LogP contribution is 2.16. The van der Waals surface area contributed by atoms with Crippen LogP contribution < -0.4 is 0 Å². The second kappa shape index (κ2) is 7.77. The number of hydrogen-bond donors (Lipinski definition) is 0. The molecule has 0 unspecified atom stereocenters. The molecular weight excluding hydrogens is 304 g/mol. The van der Waals surface area contributed by atoms with Crippen molar-refractivity contribution in [3.8, 4) is 0 Å². The van der Waals surface area contributed by atoms with Gasteiger partial charge >= 0.3 is 11.9 Å². The number of carbonyl (C=O) groups excluding carboxylic acids is 2. The second-order valence-corrected chi connectivity index (χ2v) is 5.90. The van der Waals surface area contributed by atoms with Crippen LogP contribution in [0.3, 0.4) is 0 Å². The second-order valence-electron chi connectivity index (χ2n) is 5.90. The molecule has 126 valence electrons. The van der Waals surface area contributed by atoms with Gasteiger partial charge in [-0.15, -0.1) is 0 Å². The van der Waals surface area contributed by atoms with Gasteiger partial charge < -0.3 is 9.47 Å². The predicted octanol–water partition coefficient (Wildman–Crippen LogP) is 3.66. The van der Waals surface area contributed by atoms with Gasteiger partial charge in [-0.1, -0.05) is 23.3 Å². The van der Waals surface area contributed by atoms with E-state index >= 15 is 0 Å². The minimum Gasteiger partial charge on any atom is -0.465 e. The summed E-state index contributed by atoms with van der Waals surface area (Å²) in [6, 6.07) is 11.5. The van der Waals surface area contributed by atoms with Gasteiger partial charge in [0.1, 0.15) is 0 Å². The maximum atomic E-state index is 11.7. The highest BCUT2D eigenvalue weighted by atomic mass is 16.5. The smallest absolute Gasteiger partial charge is 0.337 e. The van der Waals surface area contributed by atoms with Crippen LogP contribution >= 0.6 is 0 Å². The fourth-order valence-electron chi connectivity index (χ4n) is 2.77. The quantitative estimate of drug-likeness (QED) is 0.787. The largest absolute Gasteiger partial charge is 0.465 e. The number of ether oxygens (including phenoxy) is 2. The van der Waals surface area contributed by atoms with Gasteiger partial charge in [0, 0.05) is 0 Å². The Kier molecular flexibility index (Phi) is 5.74. The van der Waals surface area contributed by atoms with Gasteiger partial charge in [-0.05, 0) is 62.1 Å². The summed E-state index contributed by atoms with van der Waals surface area (Å²) in [5.41, 5.74) is 5.30. The zero-order valence-corrected chi connectivity index (χ0v) is 14.5. The van der Waals surface area contributed by atoms with Crippen LogP contribution in [0.5, 0.6) is 0 Å². The fraction of sp³-hybridized carbons (Fsp3) is 0.300. The van der Waals surface area contributed by atoms with Crippen molar-refractivity contribution in [2.45, 2.75) is 26.7 Å². The van der Waals surface area contributed by atoms with Crippen LogP contribution in [0.4, 0.5) is 0 Å². The first-order valence-corrected chi connectivity index (χ1v) is 7.80. The lowest BCUT2D eigenvalue weighted by Gasteiger charge is -2.09. The Labute approximate surface area is 142 Å². The summed E-state index contributed by atoms with van der Waals surface area (Å²) >= 11 is 0. The lowest BCUT2D eigenvalue weighted by atomic mass is 9.98. The lowest BCUT2D eigenvalue weighted by Crippen LogP contribution is -2.04. The Morgan fingerprint density at radius 2 is 1.08 bits per heavy atom. The van der Waals surface area contributed by atoms with Gasteiger partial charge in [0.25, 0.3) is 0 Å². The third-order valence-electron chi connectivity index (χ3n) is 3.82. The van der Waals surface area contributed by atoms with Crippen molar-refractivity contribution < 1.29 is 19.1 Å². The lowest BCUT2D eigenvalue weighted by molar-refractivity contribution is 0.0591. The van der Waals surface area contributed by atoms with E-state index < -0.39 is 0 Å². The van der Waals surface area contributed by atoms with Crippen molar-refractivity contribution in [2.24, 2.45) is 0 Å². The number of benzene rings is 2. The van der Waals surface area contributed by atoms with E-state index in [1.807, 2.05) is 38.1 Å². The van der Waals surface area contributed by atoms with Gasteiger partial charge in [0.2, 0.25) is 0 Å². The molecule has 0 N–H and O–H groups in total. The first kappa shape index (κ1) is 17.7. The topological polar surface area (TPSA) is 52.6 Å². The Bertz CT molecular complexity index is 697. The maximum Gasteiger partial charge on any atom is 0.337 e. The van der Waals surface area contributed by atoms with Crippen molar-refractivity contribution in [1.29, 1.82) is 0 Å². The molecule has 0 spiro atoms. The van der Waals surface area contributed by atoms with Crippen molar-refractivity contribution in [2.75, 3.05) is 14.2 Å². The SMILES string of the molecule is COC(=O)c1cc(C)cc(CCc2cc(C)cc(C(=O)OC)c2)c1. The summed E-state index contributed by atoms with van der Waals surface area (Å²) in [5.74, 6) is -0.660. The maximum absolute atomic E-state index is 11.7. The Balaban J connectivity index is 2.19.